The van der Waals surface area contributed by atoms with E-state index in [4.69, 9.17) is 6.42 Å². The summed E-state index contributed by atoms with van der Waals surface area (Å²) in [6.07, 6.45) is 11.6. The highest BCUT2D eigenvalue weighted by molar-refractivity contribution is 5.39. The third-order valence-corrected chi connectivity index (χ3v) is 2.02. The van der Waals surface area contributed by atoms with Gasteiger partial charge in [-0.3, -0.25) is 0 Å². The van der Waals surface area contributed by atoms with E-state index in [1.54, 1.807) is 0 Å². The van der Waals surface area contributed by atoms with Gasteiger partial charge in [-0.25, -0.2) is 0 Å². The van der Waals surface area contributed by atoms with Crippen LogP contribution in [-0.4, -0.2) is 0 Å². The van der Waals surface area contributed by atoms with Crippen molar-refractivity contribution < 1.29 is 0 Å². The minimum atomic E-state index is 0.594. The second-order valence-corrected chi connectivity index (χ2v) is 2.84. The second-order valence-electron chi connectivity index (χ2n) is 2.84. The Labute approximate surface area is 62.6 Å². The van der Waals surface area contributed by atoms with Gasteiger partial charge >= 0.3 is 0 Å². The summed E-state index contributed by atoms with van der Waals surface area (Å²) in [5.41, 5.74) is 1.02. The average Bonchev–Trinajstić information content (AvgIpc) is 1.95. The van der Waals surface area contributed by atoms with Crippen LogP contribution in [0.15, 0.2) is 23.8 Å². The van der Waals surface area contributed by atoms with Crippen LogP contribution < -0.4 is 0 Å². The maximum Gasteiger partial charge on any atom is 0.0202 e. The second kappa shape index (κ2) is 2.75. The molecule has 0 amide bonds. The molecule has 0 bridgehead atoms. The predicted octanol–water partition coefficient (Wildman–Crippen LogP) is 2.39. The van der Waals surface area contributed by atoms with Crippen molar-refractivity contribution in [3.8, 4) is 12.3 Å². The largest absolute Gasteiger partial charge is 0.115 e. The summed E-state index contributed by atoms with van der Waals surface area (Å²) in [6, 6.07) is 0. The summed E-state index contributed by atoms with van der Waals surface area (Å²) in [7, 11) is 0. The van der Waals surface area contributed by atoms with Crippen molar-refractivity contribution in [2.24, 2.45) is 11.8 Å². The molecule has 0 aromatic carbocycles. The molecule has 0 radical (unpaired) electrons. The van der Waals surface area contributed by atoms with Crippen molar-refractivity contribution in [2.75, 3.05) is 0 Å². The average molecular weight is 132 g/mol. The zero-order valence-corrected chi connectivity index (χ0v) is 6.46. The monoisotopic (exact) mass is 132 g/mol. The van der Waals surface area contributed by atoms with E-state index < -0.39 is 0 Å². The Kier molecular flexibility index (Phi) is 1.97. The molecule has 52 valence electrons. The normalized spacial score (nSPS) is 31.1. The Morgan fingerprint density at radius 3 is 2.60 bits per heavy atom. The van der Waals surface area contributed by atoms with Gasteiger partial charge in [-0.05, 0) is 11.8 Å². The van der Waals surface area contributed by atoms with Crippen LogP contribution in [0.4, 0.5) is 0 Å². The fourth-order valence-corrected chi connectivity index (χ4v) is 1.02. The Hall–Kier alpha value is -0.960. The molecule has 0 heteroatoms. The van der Waals surface area contributed by atoms with Crippen molar-refractivity contribution in [1.82, 2.24) is 0 Å². The first kappa shape index (κ1) is 7.15. The van der Waals surface area contributed by atoms with Crippen molar-refractivity contribution in [3.05, 3.63) is 23.8 Å². The van der Waals surface area contributed by atoms with Gasteiger partial charge in [0.15, 0.2) is 0 Å². The number of hydrogen-bond donors (Lipinski definition) is 0. The number of rotatable bonds is 0. The lowest BCUT2D eigenvalue weighted by molar-refractivity contribution is 0.550. The van der Waals surface area contributed by atoms with E-state index in [1.807, 2.05) is 6.08 Å². The highest BCUT2D eigenvalue weighted by Crippen LogP contribution is 2.21. The molecule has 0 aromatic rings. The smallest absolute Gasteiger partial charge is 0.0202 e. The van der Waals surface area contributed by atoms with Crippen LogP contribution in [0.5, 0.6) is 0 Å². The standard InChI is InChI=1S/C10H12/c1-4-10-6-5-8(2)9(3)7-10/h1,5-9H,2-3H3. The van der Waals surface area contributed by atoms with Crippen LogP contribution in [0.3, 0.4) is 0 Å². The lowest BCUT2D eigenvalue weighted by Crippen LogP contribution is -2.05. The van der Waals surface area contributed by atoms with Gasteiger partial charge < -0.3 is 0 Å². The molecule has 1 aliphatic carbocycles. The summed E-state index contributed by atoms with van der Waals surface area (Å²) < 4.78 is 0. The van der Waals surface area contributed by atoms with Gasteiger partial charge in [0, 0.05) is 5.57 Å². The van der Waals surface area contributed by atoms with E-state index in [0.717, 1.165) is 5.57 Å². The molecular formula is C10H12. The Balaban J connectivity index is 2.78. The van der Waals surface area contributed by atoms with Crippen LogP contribution in [0.2, 0.25) is 0 Å². The summed E-state index contributed by atoms with van der Waals surface area (Å²) in [4.78, 5) is 0. The summed E-state index contributed by atoms with van der Waals surface area (Å²) in [5, 5.41) is 0. The molecule has 0 fully saturated rings. The Morgan fingerprint density at radius 2 is 2.10 bits per heavy atom. The zero-order valence-electron chi connectivity index (χ0n) is 6.46. The molecule has 0 aromatic heterocycles. The molecule has 2 unspecified atom stereocenters. The lowest BCUT2D eigenvalue weighted by Gasteiger charge is -2.16. The Bertz CT molecular complexity index is 213. The molecule has 0 aliphatic heterocycles. The predicted molar refractivity (Wildman–Crippen MR) is 44.4 cm³/mol. The fourth-order valence-electron chi connectivity index (χ4n) is 1.02. The van der Waals surface area contributed by atoms with Gasteiger partial charge in [-0.1, -0.05) is 38.0 Å². The van der Waals surface area contributed by atoms with E-state index in [9.17, 15) is 0 Å². The van der Waals surface area contributed by atoms with E-state index in [2.05, 4.69) is 31.9 Å². The molecule has 10 heavy (non-hydrogen) atoms. The molecule has 0 N–H and O–H groups in total. The number of terminal acetylenes is 1. The van der Waals surface area contributed by atoms with Crippen molar-refractivity contribution >= 4 is 0 Å². The third-order valence-electron chi connectivity index (χ3n) is 2.02. The van der Waals surface area contributed by atoms with E-state index in [1.165, 1.54) is 0 Å². The van der Waals surface area contributed by atoms with Crippen LogP contribution >= 0.6 is 0 Å². The highest BCUT2D eigenvalue weighted by Gasteiger charge is 2.09. The quantitative estimate of drug-likeness (QED) is 0.444. The van der Waals surface area contributed by atoms with Gasteiger partial charge in [-0.15, -0.1) is 6.42 Å². The van der Waals surface area contributed by atoms with Crippen LogP contribution in [0, 0.1) is 24.2 Å². The van der Waals surface area contributed by atoms with Gasteiger partial charge in [0.05, 0.1) is 0 Å². The van der Waals surface area contributed by atoms with Gasteiger partial charge in [-0.2, -0.15) is 0 Å². The number of hydrogen-bond acceptors (Lipinski definition) is 0. The van der Waals surface area contributed by atoms with E-state index in [-0.39, 0.29) is 0 Å². The topological polar surface area (TPSA) is 0 Å². The zero-order chi connectivity index (χ0) is 7.56. The molecule has 0 nitrogen and oxygen atoms in total. The first-order valence-corrected chi connectivity index (χ1v) is 3.60. The van der Waals surface area contributed by atoms with Gasteiger partial charge in [0.1, 0.15) is 0 Å². The van der Waals surface area contributed by atoms with Gasteiger partial charge in [0.2, 0.25) is 0 Å². The molecule has 0 spiro atoms. The third kappa shape index (κ3) is 1.30. The molecular weight excluding hydrogens is 120 g/mol. The van der Waals surface area contributed by atoms with Crippen molar-refractivity contribution in [2.45, 2.75) is 13.8 Å². The van der Waals surface area contributed by atoms with E-state index >= 15 is 0 Å². The maximum atomic E-state index is 5.24. The summed E-state index contributed by atoms with van der Waals surface area (Å²) in [5.74, 6) is 3.86. The minimum absolute atomic E-state index is 0.594. The molecule has 1 rings (SSSR count). The van der Waals surface area contributed by atoms with Crippen molar-refractivity contribution in [1.29, 1.82) is 0 Å². The van der Waals surface area contributed by atoms with E-state index in [0.29, 0.717) is 11.8 Å². The summed E-state index contributed by atoms with van der Waals surface area (Å²) in [6.45, 7) is 4.39. The maximum absolute atomic E-state index is 5.24. The molecule has 0 saturated heterocycles. The van der Waals surface area contributed by atoms with Crippen LogP contribution in [0.25, 0.3) is 0 Å². The summed E-state index contributed by atoms with van der Waals surface area (Å²) >= 11 is 0. The Morgan fingerprint density at radius 1 is 1.40 bits per heavy atom. The molecule has 2 atom stereocenters. The van der Waals surface area contributed by atoms with Gasteiger partial charge in [0.25, 0.3) is 0 Å². The van der Waals surface area contributed by atoms with Crippen LogP contribution in [0.1, 0.15) is 13.8 Å². The van der Waals surface area contributed by atoms with Crippen LogP contribution in [-0.2, 0) is 0 Å². The lowest BCUT2D eigenvalue weighted by atomic mass is 9.89. The number of allylic oxidation sites excluding steroid dienone is 4. The first-order chi connectivity index (χ1) is 4.74. The molecule has 0 heterocycles. The molecule has 1 aliphatic rings. The minimum Gasteiger partial charge on any atom is -0.115 e. The first-order valence-electron chi connectivity index (χ1n) is 3.60. The SMILES string of the molecule is C#CC1=CC(C)C(C)C=C1. The van der Waals surface area contributed by atoms with Crippen molar-refractivity contribution in [3.63, 3.8) is 0 Å². The fraction of sp³-hybridized carbons (Fsp3) is 0.400. The molecule has 0 saturated carbocycles. The highest BCUT2D eigenvalue weighted by atomic mass is 14.1.